The van der Waals surface area contributed by atoms with Gasteiger partial charge in [-0.15, -0.1) is 0 Å². The number of carbonyl (C=O) groups excluding carboxylic acids is 2. The number of aromatic nitrogens is 2. The molecule has 0 saturated carbocycles. The van der Waals surface area contributed by atoms with E-state index in [2.05, 4.69) is 30.6 Å². The molecule has 3 aromatic carbocycles. The number of ether oxygens (including phenoxy) is 1. The molecule has 44 heavy (non-hydrogen) atoms. The van der Waals surface area contributed by atoms with Gasteiger partial charge in [-0.3, -0.25) is 14.7 Å². The number of amides is 2. The van der Waals surface area contributed by atoms with Gasteiger partial charge in [-0.25, -0.2) is 17.2 Å². The van der Waals surface area contributed by atoms with Crippen molar-refractivity contribution in [1.29, 1.82) is 0 Å². The van der Waals surface area contributed by atoms with E-state index in [1.54, 1.807) is 12.1 Å². The van der Waals surface area contributed by atoms with E-state index < -0.39 is 38.4 Å². The Morgan fingerprint density at radius 3 is 2.43 bits per heavy atom. The SMILES string of the molecule is CN1CCN(c2cccc(NC(=O)[C@@H]3CCCO3)c2C(=O)Nc2n[nH]c3ccc(S(=O)(=O)c4cc(F)cc(F)c4)cc23)CC1. The summed E-state index contributed by atoms with van der Waals surface area (Å²) < 4.78 is 59.7. The summed E-state index contributed by atoms with van der Waals surface area (Å²) >= 11 is 0. The molecule has 2 aliphatic rings. The fraction of sp³-hybridized carbons (Fsp3) is 0.300. The number of likely N-dealkylation sites (N-methyl/N-ethyl adjacent to an activating group) is 1. The molecule has 6 rings (SSSR count). The maximum absolute atomic E-state index is 14.0. The van der Waals surface area contributed by atoms with Crippen molar-refractivity contribution in [2.75, 3.05) is 55.4 Å². The zero-order valence-corrected chi connectivity index (χ0v) is 24.6. The summed E-state index contributed by atoms with van der Waals surface area (Å²) in [5, 5.41) is 12.9. The molecule has 0 bridgehead atoms. The summed E-state index contributed by atoms with van der Waals surface area (Å²) in [6, 6.07) is 11.3. The number of halogens is 2. The number of carbonyl (C=O) groups is 2. The highest BCUT2D eigenvalue weighted by molar-refractivity contribution is 7.91. The number of hydrogen-bond acceptors (Lipinski definition) is 8. The van der Waals surface area contributed by atoms with Gasteiger partial charge >= 0.3 is 0 Å². The Morgan fingerprint density at radius 1 is 0.977 bits per heavy atom. The molecule has 11 nitrogen and oxygen atoms in total. The number of fused-ring (bicyclic) bond motifs is 1. The average molecular weight is 625 g/mol. The lowest BCUT2D eigenvalue weighted by molar-refractivity contribution is -0.124. The number of benzene rings is 3. The van der Waals surface area contributed by atoms with E-state index in [1.807, 2.05) is 13.1 Å². The lowest BCUT2D eigenvalue weighted by Gasteiger charge is -2.35. The summed E-state index contributed by atoms with van der Waals surface area (Å²) in [7, 11) is -2.29. The van der Waals surface area contributed by atoms with Crippen LogP contribution in [0.25, 0.3) is 10.9 Å². The number of aromatic amines is 1. The van der Waals surface area contributed by atoms with E-state index in [4.69, 9.17) is 4.74 Å². The van der Waals surface area contributed by atoms with Crippen LogP contribution in [0.3, 0.4) is 0 Å². The highest BCUT2D eigenvalue weighted by atomic mass is 32.2. The van der Waals surface area contributed by atoms with E-state index in [0.717, 1.165) is 31.6 Å². The molecule has 0 unspecified atom stereocenters. The maximum atomic E-state index is 14.0. The smallest absolute Gasteiger partial charge is 0.261 e. The van der Waals surface area contributed by atoms with Crippen molar-refractivity contribution in [3.63, 3.8) is 0 Å². The summed E-state index contributed by atoms with van der Waals surface area (Å²) in [6.07, 6.45) is 0.740. The van der Waals surface area contributed by atoms with E-state index in [-0.39, 0.29) is 27.6 Å². The molecule has 0 radical (unpaired) electrons. The van der Waals surface area contributed by atoms with Gasteiger partial charge in [0.25, 0.3) is 11.8 Å². The average Bonchev–Trinajstić information content (AvgIpc) is 3.68. The number of sulfone groups is 1. The molecule has 0 spiro atoms. The van der Waals surface area contributed by atoms with Crippen molar-refractivity contribution >= 4 is 49.7 Å². The Labute approximate surface area is 252 Å². The predicted octanol–water partition coefficient (Wildman–Crippen LogP) is 3.80. The van der Waals surface area contributed by atoms with Crippen LogP contribution in [0.5, 0.6) is 0 Å². The first kappa shape index (κ1) is 29.7. The number of anilines is 3. The van der Waals surface area contributed by atoms with Crippen molar-refractivity contribution < 1.29 is 31.5 Å². The molecule has 1 atom stereocenters. The van der Waals surface area contributed by atoms with Gasteiger partial charge in [-0.05, 0) is 62.4 Å². The molecule has 1 aromatic heterocycles. The number of nitrogens with one attached hydrogen (secondary N) is 3. The van der Waals surface area contributed by atoms with Crippen LogP contribution in [0, 0.1) is 11.6 Å². The third-order valence-corrected chi connectivity index (χ3v) is 9.55. The third-order valence-electron chi connectivity index (χ3n) is 7.82. The Morgan fingerprint density at radius 2 is 1.73 bits per heavy atom. The zero-order valence-electron chi connectivity index (χ0n) is 23.8. The minimum absolute atomic E-state index is 0.0389. The van der Waals surface area contributed by atoms with Crippen LogP contribution in [-0.4, -0.2) is 81.3 Å². The van der Waals surface area contributed by atoms with E-state index in [9.17, 15) is 26.8 Å². The second-order valence-corrected chi connectivity index (χ2v) is 12.8. The summed E-state index contributed by atoms with van der Waals surface area (Å²) in [5.74, 6) is -2.93. The van der Waals surface area contributed by atoms with Crippen LogP contribution in [0.1, 0.15) is 23.2 Å². The van der Waals surface area contributed by atoms with Crippen molar-refractivity contribution in [1.82, 2.24) is 15.1 Å². The highest BCUT2D eigenvalue weighted by Crippen LogP contribution is 2.32. The lowest BCUT2D eigenvalue weighted by Crippen LogP contribution is -2.45. The van der Waals surface area contributed by atoms with Gasteiger partial charge in [0.15, 0.2) is 5.82 Å². The van der Waals surface area contributed by atoms with Gasteiger partial charge in [-0.1, -0.05) is 6.07 Å². The molecule has 2 saturated heterocycles. The zero-order chi connectivity index (χ0) is 31.0. The van der Waals surface area contributed by atoms with Crippen molar-refractivity contribution in [2.45, 2.75) is 28.7 Å². The topological polar surface area (TPSA) is 137 Å². The first-order chi connectivity index (χ1) is 21.1. The van der Waals surface area contributed by atoms with Crippen molar-refractivity contribution in [3.8, 4) is 0 Å². The van der Waals surface area contributed by atoms with Crippen molar-refractivity contribution in [3.05, 3.63) is 71.8 Å². The van der Waals surface area contributed by atoms with Crippen LogP contribution >= 0.6 is 0 Å². The standard InChI is InChI=1S/C30H30F2N6O5S/c1-37-9-11-38(12-10-37)25-5-2-4-24(33-29(39)26-6-3-13-43-26)27(25)30(40)34-28-22-17-20(7-8-23(22)35-36-28)44(41,42)21-15-18(31)14-19(32)16-21/h2,4-5,7-8,14-17,26H,3,6,9-13H2,1H3,(H,33,39)(H2,34,35,36,40)/t26-/m0/s1. The maximum Gasteiger partial charge on any atom is 0.261 e. The molecule has 3 heterocycles. The molecule has 2 fully saturated rings. The minimum Gasteiger partial charge on any atom is -0.368 e. The molecular formula is C30H30F2N6O5S. The molecule has 2 amide bonds. The molecule has 3 N–H and O–H groups in total. The number of rotatable bonds is 7. The fourth-order valence-electron chi connectivity index (χ4n) is 5.44. The number of nitrogens with zero attached hydrogens (tertiary/aromatic N) is 3. The summed E-state index contributed by atoms with van der Waals surface area (Å²) in [5.41, 5.74) is 1.56. The van der Waals surface area contributed by atoms with Gasteiger partial charge in [0, 0.05) is 44.2 Å². The second kappa shape index (κ2) is 11.9. The van der Waals surface area contributed by atoms with Crippen LogP contribution in [0.15, 0.2) is 64.4 Å². The van der Waals surface area contributed by atoms with E-state index in [0.29, 0.717) is 49.1 Å². The Hall–Kier alpha value is -4.40. The predicted molar refractivity (Wildman–Crippen MR) is 160 cm³/mol. The molecule has 2 aliphatic heterocycles. The molecule has 14 heteroatoms. The van der Waals surface area contributed by atoms with Gasteiger partial charge in [0.05, 0.1) is 32.2 Å². The summed E-state index contributed by atoms with van der Waals surface area (Å²) in [6.45, 7) is 3.37. The van der Waals surface area contributed by atoms with Gasteiger partial charge in [0.1, 0.15) is 17.7 Å². The number of piperazine rings is 1. The quantitative estimate of drug-likeness (QED) is 0.283. The minimum atomic E-state index is -4.31. The van der Waals surface area contributed by atoms with Gasteiger partial charge < -0.3 is 25.2 Å². The van der Waals surface area contributed by atoms with Crippen LogP contribution < -0.4 is 15.5 Å². The van der Waals surface area contributed by atoms with E-state index in [1.165, 1.54) is 18.2 Å². The molecule has 0 aliphatic carbocycles. The van der Waals surface area contributed by atoms with Crippen LogP contribution in [0.2, 0.25) is 0 Å². The van der Waals surface area contributed by atoms with Crippen LogP contribution in [0.4, 0.5) is 26.0 Å². The molecular weight excluding hydrogens is 594 g/mol. The van der Waals surface area contributed by atoms with Crippen LogP contribution in [-0.2, 0) is 19.4 Å². The highest BCUT2D eigenvalue weighted by Gasteiger charge is 2.29. The lowest BCUT2D eigenvalue weighted by atomic mass is 10.1. The number of H-pyrrole nitrogens is 1. The van der Waals surface area contributed by atoms with Gasteiger partial charge in [0.2, 0.25) is 9.84 Å². The van der Waals surface area contributed by atoms with Crippen molar-refractivity contribution in [2.24, 2.45) is 0 Å². The Balaban J connectivity index is 1.35. The molecule has 4 aromatic rings. The largest absolute Gasteiger partial charge is 0.368 e. The van der Waals surface area contributed by atoms with Gasteiger partial charge in [-0.2, -0.15) is 5.10 Å². The monoisotopic (exact) mass is 624 g/mol. The fourth-order valence-corrected chi connectivity index (χ4v) is 6.76. The third kappa shape index (κ3) is 5.87. The Kier molecular flexibility index (Phi) is 8.05. The molecule has 230 valence electrons. The first-order valence-electron chi connectivity index (χ1n) is 14.1. The first-order valence-corrected chi connectivity index (χ1v) is 15.6. The number of hydrogen-bond donors (Lipinski definition) is 3. The normalized spacial score (nSPS) is 17.6. The van der Waals surface area contributed by atoms with E-state index >= 15 is 0 Å². The Bertz CT molecular complexity index is 1830. The summed E-state index contributed by atoms with van der Waals surface area (Å²) in [4.78, 5) is 30.5. The second-order valence-electron chi connectivity index (χ2n) is 10.8.